The van der Waals surface area contributed by atoms with Gasteiger partial charge >= 0.3 is 0 Å². The van der Waals surface area contributed by atoms with Gasteiger partial charge in [0.15, 0.2) is 0 Å². The lowest BCUT2D eigenvalue weighted by molar-refractivity contribution is 0.102. The molecule has 4 rings (SSSR count). The summed E-state index contributed by atoms with van der Waals surface area (Å²) in [6, 6.07) is 17.9. The highest BCUT2D eigenvalue weighted by Gasteiger charge is 2.16. The van der Waals surface area contributed by atoms with Crippen molar-refractivity contribution in [3.05, 3.63) is 89.2 Å². The van der Waals surface area contributed by atoms with Gasteiger partial charge in [-0.1, -0.05) is 50.2 Å². The number of amides is 1. The molecule has 6 nitrogen and oxygen atoms in total. The van der Waals surface area contributed by atoms with Crippen molar-refractivity contribution in [1.82, 2.24) is 14.5 Å². The zero-order chi connectivity index (χ0) is 23.4. The third-order valence-electron chi connectivity index (χ3n) is 5.81. The number of para-hydroxylation sites is 2. The minimum atomic E-state index is -0.125. The first-order valence-electron chi connectivity index (χ1n) is 11.2. The van der Waals surface area contributed by atoms with Crippen molar-refractivity contribution < 1.29 is 4.79 Å². The molecule has 0 fully saturated rings. The fraction of sp³-hybridized carbons (Fsp3) is 0.222. The molecule has 0 spiro atoms. The molecule has 2 heterocycles. The second-order valence-corrected chi connectivity index (χ2v) is 8.04. The van der Waals surface area contributed by atoms with Crippen molar-refractivity contribution in [2.45, 2.75) is 33.6 Å². The summed E-state index contributed by atoms with van der Waals surface area (Å²) in [5.74, 6) is 0.387. The summed E-state index contributed by atoms with van der Waals surface area (Å²) in [4.78, 5) is 22.2. The summed E-state index contributed by atoms with van der Waals surface area (Å²) in [6.07, 6.45) is 5.28. The molecule has 0 atom stereocenters. The van der Waals surface area contributed by atoms with E-state index in [9.17, 15) is 4.79 Å². The summed E-state index contributed by atoms with van der Waals surface area (Å²) in [7, 11) is 1.92. The van der Waals surface area contributed by atoms with Crippen LogP contribution in [-0.2, 0) is 19.9 Å². The van der Waals surface area contributed by atoms with E-state index in [1.807, 2.05) is 67.2 Å². The lowest BCUT2D eigenvalue weighted by atomic mass is 10.0. The van der Waals surface area contributed by atoms with Crippen LogP contribution in [0.2, 0.25) is 0 Å². The monoisotopic (exact) mass is 439 g/mol. The zero-order valence-electron chi connectivity index (χ0n) is 19.5. The molecule has 0 unspecified atom stereocenters. The standard InChI is InChI=1S/C27H29N5O/c1-5-19-11-9-12-20(6-2)25(19)31-26(33)21-16-24(32(4)17-21)23-14-15-28-27(30-23)29-22-13-8-7-10-18(22)3/h7-17H,5-6H2,1-4H3,(H,31,33)(H,28,29,30). The zero-order valence-corrected chi connectivity index (χ0v) is 19.5. The van der Waals surface area contributed by atoms with Crippen molar-refractivity contribution in [2.24, 2.45) is 7.05 Å². The van der Waals surface area contributed by atoms with E-state index in [1.165, 1.54) is 0 Å². The SMILES string of the molecule is CCc1cccc(CC)c1NC(=O)c1cc(-c2ccnc(Nc3ccccc3C)n2)n(C)c1. The molecule has 4 aromatic rings. The van der Waals surface area contributed by atoms with Crippen molar-refractivity contribution >= 4 is 23.2 Å². The molecule has 33 heavy (non-hydrogen) atoms. The highest BCUT2D eigenvalue weighted by Crippen LogP contribution is 2.26. The van der Waals surface area contributed by atoms with Crippen LogP contribution in [0.3, 0.4) is 0 Å². The Bertz CT molecular complexity index is 1270. The van der Waals surface area contributed by atoms with Crippen LogP contribution in [-0.4, -0.2) is 20.4 Å². The third kappa shape index (κ3) is 4.80. The Hall–Kier alpha value is -3.93. The summed E-state index contributed by atoms with van der Waals surface area (Å²) in [6.45, 7) is 6.24. The van der Waals surface area contributed by atoms with Gasteiger partial charge in [-0.25, -0.2) is 9.97 Å². The molecule has 2 aromatic carbocycles. The molecule has 1 amide bonds. The Morgan fingerprint density at radius 2 is 1.73 bits per heavy atom. The molecule has 0 radical (unpaired) electrons. The van der Waals surface area contributed by atoms with Gasteiger partial charge in [0.05, 0.1) is 17.0 Å². The molecule has 6 heteroatoms. The molecule has 0 aliphatic rings. The Kier molecular flexibility index (Phi) is 6.54. The van der Waals surface area contributed by atoms with E-state index < -0.39 is 0 Å². The number of hydrogen-bond donors (Lipinski definition) is 2. The first-order valence-corrected chi connectivity index (χ1v) is 11.2. The van der Waals surface area contributed by atoms with Crippen molar-refractivity contribution in [3.63, 3.8) is 0 Å². The van der Waals surface area contributed by atoms with Crippen LogP contribution >= 0.6 is 0 Å². The van der Waals surface area contributed by atoms with E-state index in [4.69, 9.17) is 0 Å². The Balaban J connectivity index is 1.59. The summed E-state index contributed by atoms with van der Waals surface area (Å²) < 4.78 is 1.92. The van der Waals surface area contributed by atoms with Crippen LogP contribution in [0.5, 0.6) is 0 Å². The molecule has 0 bridgehead atoms. The smallest absolute Gasteiger partial charge is 0.257 e. The molecular formula is C27H29N5O. The minimum Gasteiger partial charge on any atom is -0.348 e. The largest absolute Gasteiger partial charge is 0.348 e. The van der Waals surface area contributed by atoms with Crippen LogP contribution in [0, 0.1) is 6.92 Å². The van der Waals surface area contributed by atoms with Crippen molar-refractivity contribution in [3.8, 4) is 11.4 Å². The van der Waals surface area contributed by atoms with E-state index in [0.29, 0.717) is 11.5 Å². The van der Waals surface area contributed by atoms with Crippen molar-refractivity contribution in [2.75, 3.05) is 10.6 Å². The highest BCUT2D eigenvalue weighted by atomic mass is 16.1. The van der Waals surface area contributed by atoms with Gasteiger partial charge in [0, 0.05) is 30.8 Å². The van der Waals surface area contributed by atoms with E-state index in [0.717, 1.165) is 52.3 Å². The predicted octanol–water partition coefficient (Wildman–Crippen LogP) is 5.91. The molecule has 2 aromatic heterocycles. The maximum absolute atomic E-state index is 13.1. The molecule has 0 aliphatic heterocycles. The second-order valence-electron chi connectivity index (χ2n) is 8.04. The molecule has 0 saturated carbocycles. The van der Waals surface area contributed by atoms with Crippen LogP contribution in [0.15, 0.2) is 67.0 Å². The molecule has 0 aliphatic carbocycles. The topological polar surface area (TPSA) is 71.8 Å². The number of rotatable bonds is 7. The number of nitrogens with zero attached hydrogens (tertiary/aromatic N) is 3. The maximum Gasteiger partial charge on any atom is 0.257 e. The van der Waals surface area contributed by atoms with E-state index >= 15 is 0 Å². The second kappa shape index (κ2) is 9.69. The quantitative estimate of drug-likeness (QED) is 0.375. The third-order valence-corrected chi connectivity index (χ3v) is 5.81. The number of benzene rings is 2. The number of nitrogens with one attached hydrogen (secondary N) is 2. The number of anilines is 3. The fourth-order valence-electron chi connectivity index (χ4n) is 3.93. The number of carbonyl (C=O) groups excluding carboxylic acids is 1. The van der Waals surface area contributed by atoms with Gasteiger partial charge in [-0.2, -0.15) is 0 Å². The predicted molar refractivity (Wildman–Crippen MR) is 134 cm³/mol. The maximum atomic E-state index is 13.1. The lowest BCUT2D eigenvalue weighted by Gasteiger charge is -2.13. The van der Waals surface area contributed by atoms with Gasteiger partial charge in [0.25, 0.3) is 5.91 Å². The Morgan fingerprint density at radius 1 is 1.00 bits per heavy atom. The van der Waals surface area contributed by atoms with Crippen LogP contribution in [0.25, 0.3) is 11.4 Å². The van der Waals surface area contributed by atoms with E-state index in [-0.39, 0.29) is 5.91 Å². The number of aromatic nitrogens is 3. The number of hydrogen-bond acceptors (Lipinski definition) is 4. The van der Waals surface area contributed by atoms with Crippen LogP contribution < -0.4 is 10.6 Å². The van der Waals surface area contributed by atoms with Gasteiger partial charge in [0.2, 0.25) is 5.95 Å². The van der Waals surface area contributed by atoms with Gasteiger partial charge in [-0.15, -0.1) is 0 Å². The minimum absolute atomic E-state index is 0.125. The highest BCUT2D eigenvalue weighted by molar-refractivity contribution is 6.05. The number of carbonyl (C=O) groups is 1. The first kappa shape index (κ1) is 22.3. The molecule has 168 valence electrons. The molecule has 0 saturated heterocycles. The summed E-state index contributed by atoms with van der Waals surface area (Å²) >= 11 is 0. The number of aryl methyl sites for hydroxylation is 4. The van der Waals surface area contributed by atoms with E-state index in [2.05, 4.69) is 46.6 Å². The van der Waals surface area contributed by atoms with Crippen LogP contribution in [0.4, 0.5) is 17.3 Å². The first-order chi connectivity index (χ1) is 16.0. The normalized spacial score (nSPS) is 10.8. The van der Waals surface area contributed by atoms with Crippen molar-refractivity contribution in [1.29, 1.82) is 0 Å². The molecule has 2 N–H and O–H groups in total. The van der Waals surface area contributed by atoms with Gasteiger partial charge in [-0.05, 0) is 54.7 Å². The Labute approximate surface area is 194 Å². The average molecular weight is 440 g/mol. The average Bonchev–Trinajstić information content (AvgIpc) is 3.22. The Morgan fingerprint density at radius 3 is 2.42 bits per heavy atom. The van der Waals surface area contributed by atoms with E-state index in [1.54, 1.807) is 6.20 Å². The van der Waals surface area contributed by atoms with Gasteiger partial charge in [0.1, 0.15) is 0 Å². The summed E-state index contributed by atoms with van der Waals surface area (Å²) in [5, 5.41) is 6.42. The lowest BCUT2D eigenvalue weighted by Crippen LogP contribution is -2.14. The molecular weight excluding hydrogens is 410 g/mol. The van der Waals surface area contributed by atoms with Crippen LogP contribution in [0.1, 0.15) is 40.9 Å². The van der Waals surface area contributed by atoms with Gasteiger partial charge < -0.3 is 15.2 Å². The summed E-state index contributed by atoms with van der Waals surface area (Å²) in [5.41, 5.74) is 7.45. The fourth-order valence-corrected chi connectivity index (χ4v) is 3.93. The van der Waals surface area contributed by atoms with Gasteiger partial charge in [-0.3, -0.25) is 4.79 Å².